The van der Waals surface area contributed by atoms with Gasteiger partial charge in [-0.25, -0.2) is 8.78 Å². The van der Waals surface area contributed by atoms with Gasteiger partial charge < -0.3 is 20.9 Å². The second-order valence-corrected chi connectivity index (χ2v) is 12.0. The van der Waals surface area contributed by atoms with E-state index in [1.807, 2.05) is 12.1 Å². The van der Waals surface area contributed by atoms with Crippen LogP contribution in [0.4, 0.5) is 14.5 Å². The molecular weight excluding hydrogens is 524 g/mol. The third kappa shape index (κ3) is 7.77. The van der Waals surface area contributed by atoms with Crippen LogP contribution in [-0.2, 0) is 22.2 Å². The van der Waals surface area contributed by atoms with Crippen molar-refractivity contribution in [3.63, 3.8) is 0 Å². The maximum absolute atomic E-state index is 14.0. The number of hydrogen-bond acceptors (Lipinski definition) is 5. The van der Waals surface area contributed by atoms with E-state index in [9.17, 15) is 23.9 Å². The summed E-state index contributed by atoms with van der Waals surface area (Å²) in [4.78, 5) is 13.4. The number of carbonyl (C=O) groups excluding carboxylic acids is 1. The quantitative estimate of drug-likeness (QED) is 0.181. The first-order valence-corrected chi connectivity index (χ1v) is 14.0. The van der Waals surface area contributed by atoms with Gasteiger partial charge in [0.15, 0.2) is 0 Å². The van der Waals surface area contributed by atoms with Gasteiger partial charge >= 0.3 is 0 Å². The maximum Gasteiger partial charge on any atom is 0.230 e. The molecule has 1 amide bonds. The Balaban J connectivity index is 1.61. The molecule has 0 heterocycles. The zero-order valence-corrected chi connectivity index (χ0v) is 23.8. The van der Waals surface area contributed by atoms with E-state index in [4.69, 9.17) is 0 Å². The summed E-state index contributed by atoms with van der Waals surface area (Å²) in [5.41, 5.74) is 3.21. The summed E-state index contributed by atoms with van der Waals surface area (Å²) in [5.74, 6) is -2.91. The van der Waals surface area contributed by atoms with Gasteiger partial charge in [-0.1, -0.05) is 68.4 Å². The number of halogens is 2. The van der Waals surface area contributed by atoms with Crippen molar-refractivity contribution in [3.05, 3.63) is 101 Å². The minimum Gasteiger partial charge on any atom is -0.411 e. The molecule has 2 unspecified atom stereocenters. The Kier molecular flexibility index (Phi) is 9.56. The molecule has 0 radical (unpaired) electrons. The van der Waals surface area contributed by atoms with Crippen molar-refractivity contribution < 1.29 is 23.9 Å². The van der Waals surface area contributed by atoms with Crippen molar-refractivity contribution >= 4 is 17.3 Å². The van der Waals surface area contributed by atoms with E-state index in [0.29, 0.717) is 31.4 Å². The van der Waals surface area contributed by atoms with E-state index >= 15 is 0 Å². The Morgan fingerprint density at radius 1 is 0.976 bits per heavy atom. The van der Waals surface area contributed by atoms with Crippen LogP contribution in [0.25, 0.3) is 0 Å². The van der Waals surface area contributed by atoms with E-state index in [-0.39, 0.29) is 23.9 Å². The lowest BCUT2D eigenvalue weighted by atomic mass is 9.74. The number of rotatable bonds is 9. The lowest BCUT2D eigenvalue weighted by molar-refractivity contribution is -0.123. The van der Waals surface area contributed by atoms with Gasteiger partial charge in [-0.3, -0.25) is 4.79 Å². The number of aliphatic hydroxyl groups excluding tert-OH is 1. The SMILES string of the molecule is CC(C)(C)c1cccc(C2(NCC(O)C(Cc3cc(F)cc(F)c3)C(=O)Nc3ccccc3)CCC(=NO)CC2)c1. The summed E-state index contributed by atoms with van der Waals surface area (Å²) in [6, 6.07) is 20.4. The van der Waals surface area contributed by atoms with Gasteiger partial charge in [0.1, 0.15) is 11.6 Å². The fourth-order valence-electron chi connectivity index (χ4n) is 5.50. The molecule has 8 heteroatoms. The highest BCUT2D eigenvalue weighted by Gasteiger charge is 2.38. The molecular formula is C33H39F2N3O3. The zero-order valence-electron chi connectivity index (χ0n) is 23.8. The molecule has 3 aromatic rings. The summed E-state index contributed by atoms with van der Waals surface area (Å²) in [5, 5.41) is 30.7. The third-order valence-corrected chi connectivity index (χ3v) is 7.97. The highest BCUT2D eigenvalue weighted by Crippen LogP contribution is 2.38. The number of oxime groups is 1. The number of amides is 1. The summed E-state index contributed by atoms with van der Waals surface area (Å²) < 4.78 is 28.0. The molecule has 2 atom stereocenters. The topological polar surface area (TPSA) is 94.0 Å². The van der Waals surface area contributed by atoms with Gasteiger partial charge in [-0.05, 0) is 78.5 Å². The average Bonchev–Trinajstić information content (AvgIpc) is 2.94. The minimum atomic E-state index is -1.17. The van der Waals surface area contributed by atoms with Crippen molar-refractivity contribution in [1.29, 1.82) is 0 Å². The second kappa shape index (κ2) is 12.9. The third-order valence-electron chi connectivity index (χ3n) is 7.97. The normalized spacial score (nSPS) is 18.9. The van der Waals surface area contributed by atoms with Gasteiger partial charge in [0.2, 0.25) is 5.91 Å². The Bertz CT molecular complexity index is 1340. The molecule has 3 aromatic carbocycles. The lowest BCUT2D eigenvalue weighted by Gasteiger charge is -2.41. The van der Waals surface area contributed by atoms with Crippen LogP contribution in [0.1, 0.15) is 63.1 Å². The molecule has 0 saturated heterocycles. The van der Waals surface area contributed by atoms with Crippen molar-refractivity contribution in [2.75, 3.05) is 11.9 Å². The molecule has 1 aliphatic carbocycles. The molecule has 0 bridgehead atoms. The first-order valence-electron chi connectivity index (χ1n) is 14.0. The number of anilines is 1. The van der Waals surface area contributed by atoms with Crippen molar-refractivity contribution in [3.8, 4) is 0 Å². The van der Waals surface area contributed by atoms with Gasteiger partial charge in [-0.2, -0.15) is 0 Å². The first-order chi connectivity index (χ1) is 19.5. The monoisotopic (exact) mass is 563 g/mol. The van der Waals surface area contributed by atoms with Crippen molar-refractivity contribution in [2.45, 2.75) is 69.9 Å². The predicted octanol–water partition coefficient (Wildman–Crippen LogP) is 6.31. The van der Waals surface area contributed by atoms with E-state index in [0.717, 1.165) is 17.3 Å². The standard InChI is InChI=1S/C33H39F2N3O3/c1-32(2,3)23-8-7-9-24(19-23)33(14-12-28(38-41)13-15-33)36-21-30(39)29(18-22-16-25(34)20-26(35)17-22)31(40)37-27-10-5-4-6-11-27/h4-11,16-17,19-20,29-30,36,39,41H,12-15,18,21H2,1-3H3,(H,37,40). The van der Waals surface area contributed by atoms with Crippen LogP contribution < -0.4 is 10.6 Å². The summed E-state index contributed by atoms with van der Waals surface area (Å²) in [7, 11) is 0. The first kappa shape index (κ1) is 30.3. The van der Waals surface area contributed by atoms with E-state index in [1.54, 1.807) is 24.3 Å². The van der Waals surface area contributed by atoms with Crippen LogP contribution in [-0.4, -0.2) is 34.6 Å². The molecule has 6 nitrogen and oxygen atoms in total. The van der Waals surface area contributed by atoms with Crippen LogP contribution in [0.3, 0.4) is 0 Å². The molecule has 218 valence electrons. The molecule has 4 N–H and O–H groups in total. The molecule has 41 heavy (non-hydrogen) atoms. The molecule has 1 saturated carbocycles. The second-order valence-electron chi connectivity index (χ2n) is 12.0. The number of aliphatic hydroxyl groups is 1. The van der Waals surface area contributed by atoms with Crippen molar-refractivity contribution in [1.82, 2.24) is 5.32 Å². The van der Waals surface area contributed by atoms with Crippen LogP contribution >= 0.6 is 0 Å². The van der Waals surface area contributed by atoms with Crippen LogP contribution in [0.5, 0.6) is 0 Å². The number of para-hydroxylation sites is 1. The minimum absolute atomic E-state index is 0.0516. The summed E-state index contributed by atoms with van der Waals surface area (Å²) in [6.45, 7) is 6.52. The van der Waals surface area contributed by atoms with Crippen LogP contribution in [0.2, 0.25) is 0 Å². The fourth-order valence-corrected chi connectivity index (χ4v) is 5.50. The summed E-state index contributed by atoms with van der Waals surface area (Å²) >= 11 is 0. The Labute approximate surface area is 240 Å². The Hall–Kier alpha value is -3.62. The van der Waals surface area contributed by atoms with Crippen molar-refractivity contribution in [2.24, 2.45) is 11.1 Å². The largest absolute Gasteiger partial charge is 0.411 e. The van der Waals surface area contributed by atoms with Gasteiger partial charge in [-0.15, -0.1) is 0 Å². The number of benzene rings is 3. The number of nitrogens with zero attached hydrogens (tertiary/aromatic N) is 1. The molecule has 4 rings (SSSR count). The van der Waals surface area contributed by atoms with Gasteiger partial charge in [0.05, 0.1) is 17.7 Å². The average molecular weight is 564 g/mol. The lowest BCUT2D eigenvalue weighted by Crippen LogP contribution is -2.50. The Morgan fingerprint density at radius 2 is 1.63 bits per heavy atom. The van der Waals surface area contributed by atoms with Gasteiger partial charge in [0, 0.05) is 23.8 Å². The molecule has 0 aliphatic heterocycles. The highest BCUT2D eigenvalue weighted by atomic mass is 19.1. The smallest absolute Gasteiger partial charge is 0.230 e. The molecule has 1 aliphatic rings. The molecule has 0 aromatic heterocycles. The van der Waals surface area contributed by atoms with Crippen LogP contribution in [0.15, 0.2) is 78.0 Å². The zero-order chi connectivity index (χ0) is 29.6. The molecule has 1 fully saturated rings. The predicted molar refractivity (Wildman–Crippen MR) is 157 cm³/mol. The maximum atomic E-state index is 14.0. The number of nitrogens with one attached hydrogen (secondary N) is 2. The Morgan fingerprint density at radius 3 is 2.24 bits per heavy atom. The number of carbonyl (C=O) groups is 1. The number of hydrogen-bond donors (Lipinski definition) is 4. The van der Waals surface area contributed by atoms with Crippen LogP contribution in [0, 0.1) is 17.6 Å². The van der Waals surface area contributed by atoms with E-state index in [2.05, 4.69) is 54.8 Å². The van der Waals surface area contributed by atoms with E-state index in [1.165, 1.54) is 17.7 Å². The van der Waals surface area contributed by atoms with E-state index < -0.39 is 35.1 Å². The molecule has 0 spiro atoms. The fraction of sp³-hybridized carbons (Fsp3) is 0.394. The summed E-state index contributed by atoms with van der Waals surface area (Å²) in [6.07, 6.45) is 1.23. The highest BCUT2D eigenvalue weighted by molar-refractivity contribution is 5.93. The van der Waals surface area contributed by atoms with Gasteiger partial charge in [0.25, 0.3) is 0 Å².